The fourth-order valence-electron chi connectivity index (χ4n) is 8.86. The number of aliphatic hydroxyl groups is 2. The summed E-state index contributed by atoms with van der Waals surface area (Å²) in [6.45, 7) is 5.55. The van der Waals surface area contributed by atoms with Crippen molar-refractivity contribution in [3.63, 3.8) is 0 Å². The molecule has 0 saturated carbocycles. The minimum atomic E-state index is -0.550. The van der Waals surface area contributed by atoms with Gasteiger partial charge in [0.2, 0.25) is 0 Å². The Balaban J connectivity index is 0.901. The van der Waals surface area contributed by atoms with Crippen molar-refractivity contribution in [1.82, 2.24) is 18.9 Å². The Labute approximate surface area is 329 Å². The minimum Gasteiger partial charge on any atom is -0.390 e. The van der Waals surface area contributed by atoms with Crippen LogP contribution in [-0.4, -0.2) is 80.6 Å². The van der Waals surface area contributed by atoms with E-state index in [0.29, 0.717) is 26.2 Å². The van der Waals surface area contributed by atoms with Crippen LogP contribution in [0.5, 0.6) is 0 Å². The van der Waals surface area contributed by atoms with Gasteiger partial charge in [0.15, 0.2) is 0 Å². The third kappa shape index (κ3) is 7.20. The molecule has 0 aliphatic carbocycles. The lowest BCUT2D eigenvalue weighted by Crippen LogP contribution is -2.50. The Bertz CT molecular complexity index is 2340. The van der Waals surface area contributed by atoms with E-state index in [4.69, 9.17) is 0 Å². The van der Waals surface area contributed by atoms with Gasteiger partial charge in [-0.3, -0.25) is 9.80 Å². The summed E-state index contributed by atoms with van der Waals surface area (Å²) in [6, 6.07) is 59.4. The van der Waals surface area contributed by atoms with Crippen molar-refractivity contribution in [2.24, 2.45) is 0 Å². The maximum atomic E-state index is 11.7. The molecule has 6 aromatic carbocycles. The van der Waals surface area contributed by atoms with E-state index in [9.17, 15) is 10.2 Å². The van der Waals surface area contributed by atoms with Crippen LogP contribution in [0.4, 0.5) is 0 Å². The molecule has 2 aromatic heterocycles. The number of aromatic nitrogens is 2. The quantitative estimate of drug-likeness (QED) is 0.131. The van der Waals surface area contributed by atoms with Crippen molar-refractivity contribution < 1.29 is 10.2 Å². The zero-order chi connectivity index (χ0) is 37.8. The van der Waals surface area contributed by atoms with Gasteiger partial charge in [0.1, 0.15) is 0 Å². The fourth-order valence-corrected chi connectivity index (χ4v) is 8.86. The summed E-state index contributed by atoms with van der Waals surface area (Å²) in [4.78, 5) is 4.75. The van der Waals surface area contributed by atoms with Gasteiger partial charge in [-0.2, -0.15) is 0 Å². The minimum absolute atomic E-state index is 0.496. The van der Waals surface area contributed by atoms with Gasteiger partial charge in [-0.1, -0.05) is 158 Å². The molecule has 280 valence electrons. The molecule has 0 radical (unpaired) electrons. The highest BCUT2D eigenvalue weighted by atomic mass is 16.3. The first-order valence-corrected chi connectivity index (χ1v) is 19.9. The maximum absolute atomic E-state index is 11.7. The second-order valence-corrected chi connectivity index (χ2v) is 15.1. The van der Waals surface area contributed by atoms with Crippen LogP contribution in [0.15, 0.2) is 170 Å². The van der Waals surface area contributed by atoms with Gasteiger partial charge in [-0.25, -0.2) is 0 Å². The van der Waals surface area contributed by atoms with E-state index in [2.05, 4.69) is 189 Å². The molecule has 1 fully saturated rings. The summed E-state index contributed by atoms with van der Waals surface area (Å²) in [6.07, 6.45) is -1.10. The molecule has 9 rings (SSSR count). The summed E-state index contributed by atoms with van der Waals surface area (Å²) in [7, 11) is 0. The molecule has 0 amide bonds. The van der Waals surface area contributed by atoms with Gasteiger partial charge in [-0.05, 0) is 34.4 Å². The van der Waals surface area contributed by atoms with E-state index in [0.717, 1.165) is 59.7 Å². The molecule has 8 aromatic rings. The number of aliphatic hydroxyl groups excluding tert-OH is 2. The zero-order valence-electron chi connectivity index (χ0n) is 31.7. The molecule has 6 nitrogen and oxygen atoms in total. The van der Waals surface area contributed by atoms with E-state index in [1.54, 1.807) is 0 Å². The number of benzene rings is 6. The molecule has 0 spiro atoms. The normalized spacial score (nSPS) is 15.0. The van der Waals surface area contributed by atoms with E-state index in [-0.39, 0.29) is 0 Å². The van der Waals surface area contributed by atoms with Crippen LogP contribution in [0.25, 0.3) is 66.6 Å². The monoisotopic (exact) mass is 736 g/mol. The van der Waals surface area contributed by atoms with Gasteiger partial charge in [0.25, 0.3) is 0 Å². The van der Waals surface area contributed by atoms with E-state index < -0.39 is 12.2 Å². The average Bonchev–Trinajstić information content (AvgIpc) is 3.75. The van der Waals surface area contributed by atoms with Crippen LogP contribution in [0.1, 0.15) is 0 Å². The maximum Gasteiger partial charge on any atom is 0.0845 e. The van der Waals surface area contributed by atoms with Crippen LogP contribution in [0, 0.1) is 0 Å². The molecular weight excluding hydrogens is 689 g/mol. The first kappa shape index (κ1) is 35.9. The van der Waals surface area contributed by atoms with Crippen LogP contribution < -0.4 is 0 Å². The molecule has 56 heavy (non-hydrogen) atoms. The van der Waals surface area contributed by atoms with E-state index >= 15 is 0 Å². The molecule has 1 aliphatic heterocycles. The number of rotatable bonds is 12. The third-order valence-corrected chi connectivity index (χ3v) is 11.4. The summed E-state index contributed by atoms with van der Waals surface area (Å²) >= 11 is 0. The Morgan fingerprint density at radius 2 is 0.661 bits per heavy atom. The van der Waals surface area contributed by atoms with Crippen LogP contribution >= 0.6 is 0 Å². The third-order valence-electron chi connectivity index (χ3n) is 11.4. The Morgan fingerprint density at radius 1 is 0.357 bits per heavy atom. The van der Waals surface area contributed by atoms with E-state index in [1.165, 1.54) is 33.0 Å². The summed E-state index contributed by atoms with van der Waals surface area (Å²) < 4.78 is 4.64. The molecule has 0 bridgehead atoms. The molecule has 3 heterocycles. The largest absolute Gasteiger partial charge is 0.390 e. The lowest BCUT2D eigenvalue weighted by atomic mass is 9.98. The predicted molar refractivity (Wildman–Crippen MR) is 231 cm³/mol. The van der Waals surface area contributed by atoms with Crippen molar-refractivity contribution in [1.29, 1.82) is 0 Å². The predicted octanol–water partition coefficient (Wildman–Crippen LogP) is 9.30. The Hall–Kier alpha value is -5.76. The van der Waals surface area contributed by atoms with Crippen molar-refractivity contribution >= 4 is 21.8 Å². The summed E-state index contributed by atoms with van der Waals surface area (Å²) in [5.41, 5.74) is 11.6. The van der Waals surface area contributed by atoms with E-state index in [1.807, 2.05) is 0 Å². The Kier molecular flexibility index (Phi) is 10.4. The smallest absolute Gasteiger partial charge is 0.0845 e. The lowest BCUT2D eigenvalue weighted by molar-refractivity contribution is 0.0412. The van der Waals surface area contributed by atoms with Crippen molar-refractivity contribution in [3.8, 4) is 44.8 Å². The molecule has 2 atom stereocenters. The zero-order valence-corrected chi connectivity index (χ0v) is 31.7. The first-order chi connectivity index (χ1) is 27.6. The van der Waals surface area contributed by atoms with Crippen molar-refractivity contribution in [3.05, 3.63) is 170 Å². The number of piperazine rings is 1. The van der Waals surface area contributed by atoms with Gasteiger partial charge in [0.05, 0.1) is 36.7 Å². The molecule has 2 N–H and O–H groups in total. The lowest BCUT2D eigenvalue weighted by Gasteiger charge is -2.36. The molecule has 1 aliphatic rings. The van der Waals surface area contributed by atoms with Crippen molar-refractivity contribution in [2.45, 2.75) is 25.3 Å². The number of hydrogen-bond acceptors (Lipinski definition) is 4. The topological polar surface area (TPSA) is 56.8 Å². The number of para-hydroxylation sites is 2. The number of fused-ring (bicyclic) bond motifs is 2. The SMILES string of the molecule is OC(CN1CCN(CC(O)Cn2c(-c3ccccc3)c(-c3ccccc3)c3ccccc32)CC1)Cn1c(-c2ccccc2)c(-c2ccccc2)c2ccccc21. The first-order valence-electron chi connectivity index (χ1n) is 19.9. The highest BCUT2D eigenvalue weighted by molar-refractivity contribution is 6.05. The Morgan fingerprint density at radius 3 is 1.02 bits per heavy atom. The van der Waals surface area contributed by atoms with Crippen LogP contribution in [0.3, 0.4) is 0 Å². The van der Waals surface area contributed by atoms with Crippen molar-refractivity contribution in [2.75, 3.05) is 39.3 Å². The molecular formula is C50H48N4O2. The molecule has 2 unspecified atom stereocenters. The molecule has 1 saturated heterocycles. The fraction of sp³-hybridized carbons (Fsp3) is 0.200. The standard InChI is InChI=1S/C50H48N4O2/c55-41(35-53-45-27-15-13-25-43(45)47(37-17-5-1-6-18-37)49(53)39-21-9-3-10-22-39)33-51-29-31-52(32-30-51)34-42(56)36-54-46-28-16-14-26-44(46)48(38-19-7-2-8-20-38)50(54)40-23-11-4-12-24-40/h1-28,41-42,55-56H,29-36H2. The van der Waals surface area contributed by atoms with Crippen LogP contribution in [-0.2, 0) is 13.1 Å². The van der Waals surface area contributed by atoms with Gasteiger partial charge < -0.3 is 19.3 Å². The number of β-amino-alcohol motifs (C(OH)–C–C–N with tert-alkyl or cyclic N) is 2. The highest BCUT2D eigenvalue weighted by Gasteiger charge is 2.26. The highest BCUT2D eigenvalue weighted by Crippen LogP contribution is 2.42. The summed E-state index contributed by atoms with van der Waals surface area (Å²) in [5.74, 6) is 0. The summed E-state index contributed by atoms with van der Waals surface area (Å²) in [5, 5.41) is 25.8. The average molecular weight is 737 g/mol. The number of nitrogens with zero attached hydrogens (tertiary/aromatic N) is 4. The second kappa shape index (κ2) is 16.1. The van der Waals surface area contributed by atoms with Crippen LogP contribution in [0.2, 0.25) is 0 Å². The second-order valence-electron chi connectivity index (χ2n) is 15.1. The van der Waals surface area contributed by atoms with Gasteiger partial charge in [-0.15, -0.1) is 0 Å². The molecule has 6 heteroatoms. The van der Waals surface area contributed by atoms with Gasteiger partial charge >= 0.3 is 0 Å². The van der Waals surface area contributed by atoms with Gasteiger partial charge in [0, 0.05) is 72.2 Å². The number of hydrogen-bond donors (Lipinski definition) is 2.